The number of primary amides is 1. The molecule has 4 N–H and O–H groups in total. The van der Waals surface area contributed by atoms with Gasteiger partial charge in [-0.2, -0.15) is 0 Å². The van der Waals surface area contributed by atoms with Gasteiger partial charge in [0.2, 0.25) is 15.9 Å². The smallest absolute Gasteiger partial charge is 0.328 e. The molecule has 0 unspecified atom stereocenters. The number of benzene rings is 1. The molecule has 1 rings (SSSR count). The predicted molar refractivity (Wildman–Crippen MR) is 67.5 cm³/mol. The fraction of sp³-hybridized carbons (Fsp3) is 0.0909. The molecule has 0 saturated carbocycles. The number of nitrogens with one attached hydrogen (secondary N) is 1. The van der Waals surface area contributed by atoms with Gasteiger partial charge < -0.3 is 10.8 Å². The molecule has 0 bridgehead atoms. The van der Waals surface area contributed by atoms with Gasteiger partial charge in [0.25, 0.3) is 0 Å². The van der Waals surface area contributed by atoms with Crippen LogP contribution in [0.5, 0.6) is 0 Å². The van der Waals surface area contributed by atoms with Crippen molar-refractivity contribution in [2.75, 3.05) is 6.54 Å². The third-order valence-corrected chi connectivity index (χ3v) is 3.42. The SMILES string of the molecule is NC(=O)CNS(=O)(=O)c1cccc(C=CC(=O)O)c1. The fourth-order valence-corrected chi connectivity index (χ4v) is 2.25. The first-order chi connectivity index (χ1) is 8.81. The van der Waals surface area contributed by atoms with E-state index in [1.54, 1.807) is 6.07 Å². The normalized spacial score (nSPS) is 11.6. The van der Waals surface area contributed by atoms with E-state index in [0.717, 1.165) is 6.08 Å². The molecular weight excluding hydrogens is 272 g/mol. The summed E-state index contributed by atoms with van der Waals surface area (Å²) in [5.74, 6) is -1.94. The number of aliphatic carboxylic acids is 1. The highest BCUT2D eigenvalue weighted by Gasteiger charge is 2.14. The van der Waals surface area contributed by atoms with Gasteiger partial charge >= 0.3 is 5.97 Å². The van der Waals surface area contributed by atoms with Crippen molar-refractivity contribution in [1.82, 2.24) is 4.72 Å². The summed E-state index contributed by atoms with van der Waals surface area (Å²) in [5.41, 5.74) is 5.25. The van der Waals surface area contributed by atoms with Crippen LogP contribution < -0.4 is 10.5 Å². The molecule has 19 heavy (non-hydrogen) atoms. The number of carboxylic acid groups (broad SMARTS) is 1. The lowest BCUT2D eigenvalue weighted by molar-refractivity contribution is -0.131. The molecule has 0 atom stereocenters. The molecule has 102 valence electrons. The van der Waals surface area contributed by atoms with Gasteiger partial charge in [-0.05, 0) is 23.8 Å². The first kappa shape index (κ1) is 14.9. The predicted octanol–water partition coefficient (Wildman–Crippen LogP) is -0.452. The maximum Gasteiger partial charge on any atom is 0.328 e. The zero-order valence-corrected chi connectivity index (χ0v) is 10.6. The topological polar surface area (TPSA) is 127 Å². The molecule has 1 aromatic carbocycles. The number of carbonyl (C=O) groups excluding carboxylic acids is 1. The Morgan fingerprint density at radius 1 is 1.37 bits per heavy atom. The highest BCUT2D eigenvalue weighted by atomic mass is 32.2. The minimum atomic E-state index is -3.85. The first-order valence-corrected chi connectivity index (χ1v) is 6.58. The van der Waals surface area contributed by atoms with E-state index < -0.39 is 28.4 Å². The monoisotopic (exact) mass is 284 g/mol. The number of amides is 1. The number of nitrogens with two attached hydrogens (primary N) is 1. The summed E-state index contributed by atoms with van der Waals surface area (Å²) < 4.78 is 25.6. The van der Waals surface area contributed by atoms with E-state index in [-0.39, 0.29) is 4.90 Å². The van der Waals surface area contributed by atoms with Crippen molar-refractivity contribution in [3.63, 3.8) is 0 Å². The van der Waals surface area contributed by atoms with Gasteiger partial charge in [0.05, 0.1) is 11.4 Å². The van der Waals surface area contributed by atoms with Crippen LogP contribution in [-0.2, 0) is 19.6 Å². The van der Waals surface area contributed by atoms with E-state index in [1.807, 2.05) is 4.72 Å². The quantitative estimate of drug-likeness (QED) is 0.610. The molecule has 0 aliphatic carbocycles. The third-order valence-electron chi connectivity index (χ3n) is 2.02. The van der Waals surface area contributed by atoms with Crippen molar-refractivity contribution in [3.05, 3.63) is 35.9 Å². The molecule has 0 aromatic heterocycles. The van der Waals surface area contributed by atoms with Gasteiger partial charge in [-0.15, -0.1) is 0 Å². The highest BCUT2D eigenvalue weighted by molar-refractivity contribution is 7.89. The Balaban J connectivity index is 2.98. The van der Waals surface area contributed by atoms with Gasteiger partial charge in [-0.1, -0.05) is 12.1 Å². The molecule has 0 saturated heterocycles. The summed E-state index contributed by atoms with van der Waals surface area (Å²) in [6.07, 6.45) is 2.15. The maximum absolute atomic E-state index is 11.8. The Morgan fingerprint density at radius 2 is 2.05 bits per heavy atom. The molecule has 0 aliphatic rings. The van der Waals surface area contributed by atoms with E-state index in [0.29, 0.717) is 5.56 Å². The van der Waals surface area contributed by atoms with Crippen LogP contribution >= 0.6 is 0 Å². The zero-order valence-electron chi connectivity index (χ0n) is 9.74. The Hall–Kier alpha value is -2.19. The van der Waals surface area contributed by atoms with E-state index in [2.05, 4.69) is 0 Å². The van der Waals surface area contributed by atoms with Crippen LogP contribution in [0.4, 0.5) is 0 Å². The van der Waals surface area contributed by atoms with Crippen molar-refractivity contribution >= 4 is 28.0 Å². The van der Waals surface area contributed by atoms with E-state index >= 15 is 0 Å². The van der Waals surface area contributed by atoms with Crippen LogP contribution in [0.1, 0.15) is 5.56 Å². The van der Waals surface area contributed by atoms with Gasteiger partial charge in [0.1, 0.15) is 0 Å². The number of carbonyl (C=O) groups is 2. The van der Waals surface area contributed by atoms with E-state index in [4.69, 9.17) is 10.8 Å². The van der Waals surface area contributed by atoms with Gasteiger partial charge in [-0.25, -0.2) is 17.9 Å². The second-order valence-corrected chi connectivity index (χ2v) is 5.30. The molecule has 1 amide bonds. The molecule has 0 spiro atoms. The Kier molecular flexibility index (Phi) is 4.79. The van der Waals surface area contributed by atoms with E-state index in [9.17, 15) is 18.0 Å². The molecule has 0 radical (unpaired) electrons. The summed E-state index contributed by atoms with van der Waals surface area (Å²) in [4.78, 5) is 20.8. The second-order valence-electron chi connectivity index (χ2n) is 3.53. The number of rotatable bonds is 6. The number of hydrogen-bond acceptors (Lipinski definition) is 4. The summed E-state index contributed by atoms with van der Waals surface area (Å²) in [5, 5.41) is 8.48. The maximum atomic E-state index is 11.8. The van der Waals surface area contributed by atoms with E-state index in [1.165, 1.54) is 24.3 Å². The Labute approximate surface area is 109 Å². The molecule has 8 heteroatoms. The van der Waals surface area contributed by atoms with Crippen LogP contribution in [-0.4, -0.2) is 31.9 Å². The second kappa shape index (κ2) is 6.12. The highest BCUT2D eigenvalue weighted by Crippen LogP contribution is 2.12. The average Bonchev–Trinajstić information content (AvgIpc) is 2.34. The standard InChI is InChI=1S/C11H12N2O5S/c12-10(14)7-13-19(17,18)9-3-1-2-8(6-9)4-5-11(15)16/h1-6,13H,7H2,(H2,12,14)(H,15,16). The lowest BCUT2D eigenvalue weighted by Gasteiger charge is -2.05. The number of hydrogen-bond donors (Lipinski definition) is 3. The molecule has 0 heterocycles. The molecule has 0 fully saturated rings. The minimum absolute atomic E-state index is 0.0821. The van der Waals surface area contributed by atoms with Crippen molar-refractivity contribution in [2.24, 2.45) is 5.73 Å². The molecule has 1 aromatic rings. The summed E-state index contributed by atoms with van der Waals surface area (Å²) in [7, 11) is -3.85. The summed E-state index contributed by atoms with van der Waals surface area (Å²) >= 11 is 0. The van der Waals surface area contributed by atoms with Crippen LogP contribution in [0.25, 0.3) is 6.08 Å². The van der Waals surface area contributed by atoms with Crippen LogP contribution in [0.2, 0.25) is 0 Å². The van der Waals surface area contributed by atoms with Crippen LogP contribution in [0.15, 0.2) is 35.2 Å². The first-order valence-electron chi connectivity index (χ1n) is 5.10. The van der Waals surface area contributed by atoms with Crippen molar-refractivity contribution in [2.45, 2.75) is 4.90 Å². The van der Waals surface area contributed by atoms with Crippen LogP contribution in [0, 0.1) is 0 Å². The average molecular weight is 284 g/mol. The lowest BCUT2D eigenvalue weighted by atomic mass is 10.2. The largest absolute Gasteiger partial charge is 0.478 e. The Bertz CT molecular complexity index is 622. The van der Waals surface area contributed by atoms with Crippen molar-refractivity contribution in [3.8, 4) is 0 Å². The molecule has 0 aliphatic heterocycles. The zero-order chi connectivity index (χ0) is 14.5. The lowest BCUT2D eigenvalue weighted by Crippen LogP contribution is -2.33. The minimum Gasteiger partial charge on any atom is -0.478 e. The van der Waals surface area contributed by atoms with Gasteiger partial charge in [-0.3, -0.25) is 4.79 Å². The number of sulfonamides is 1. The third kappa shape index (κ3) is 4.90. The summed E-state index contributed by atoms with van der Waals surface area (Å²) in [6.45, 7) is -0.502. The van der Waals surface area contributed by atoms with Gasteiger partial charge in [0, 0.05) is 6.08 Å². The van der Waals surface area contributed by atoms with Crippen LogP contribution in [0.3, 0.4) is 0 Å². The Morgan fingerprint density at radius 3 is 2.63 bits per heavy atom. The van der Waals surface area contributed by atoms with Crippen molar-refractivity contribution < 1.29 is 23.1 Å². The number of carboxylic acids is 1. The van der Waals surface area contributed by atoms with Crippen molar-refractivity contribution in [1.29, 1.82) is 0 Å². The molecule has 7 nitrogen and oxygen atoms in total. The molecular formula is C11H12N2O5S. The van der Waals surface area contributed by atoms with Gasteiger partial charge in [0.15, 0.2) is 0 Å². The summed E-state index contributed by atoms with van der Waals surface area (Å²) in [6, 6.07) is 5.61. The fourth-order valence-electron chi connectivity index (χ4n) is 1.20.